The van der Waals surface area contributed by atoms with Crippen molar-refractivity contribution in [2.24, 2.45) is 5.10 Å². The number of rotatable bonds is 4. The van der Waals surface area contributed by atoms with Gasteiger partial charge in [0.05, 0.1) is 29.8 Å². The summed E-state index contributed by atoms with van der Waals surface area (Å²) in [5.41, 5.74) is 4.44. The van der Waals surface area contributed by atoms with E-state index in [1.165, 1.54) is 6.21 Å². The largest absolute Gasteiger partial charge is 0.449 e. The van der Waals surface area contributed by atoms with E-state index in [-0.39, 0.29) is 6.61 Å². The quantitative estimate of drug-likeness (QED) is 0.697. The van der Waals surface area contributed by atoms with E-state index in [4.69, 9.17) is 16.3 Å². The molecule has 0 aliphatic heterocycles. The number of aryl methyl sites for hydroxylation is 1. The van der Waals surface area contributed by atoms with Gasteiger partial charge in [0.25, 0.3) is 0 Å². The molecule has 0 unspecified atom stereocenters. The first-order chi connectivity index (χ1) is 10.1. The zero-order chi connectivity index (χ0) is 15.2. The van der Waals surface area contributed by atoms with E-state index in [1.807, 2.05) is 37.3 Å². The number of para-hydroxylation sites is 1. The van der Waals surface area contributed by atoms with Crippen LogP contribution in [0.1, 0.15) is 18.2 Å². The molecule has 1 heterocycles. The first-order valence-corrected chi connectivity index (χ1v) is 6.77. The second kappa shape index (κ2) is 6.90. The maximum atomic E-state index is 11.1. The Morgan fingerprint density at radius 3 is 2.86 bits per heavy atom. The van der Waals surface area contributed by atoms with Gasteiger partial charge in [0, 0.05) is 0 Å². The maximum Gasteiger partial charge on any atom is 0.427 e. The van der Waals surface area contributed by atoms with Gasteiger partial charge >= 0.3 is 6.09 Å². The van der Waals surface area contributed by atoms with Crippen LogP contribution in [0.2, 0.25) is 5.15 Å². The Kier molecular flexibility index (Phi) is 4.94. The number of benzene rings is 1. The third kappa shape index (κ3) is 3.61. The first-order valence-electron chi connectivity index (χ1n) is 6.39. The molecule has 0 aliphatic carbocycles. The SMILES string of the molecule is CCOC(=O)N/N=C\c1c(C)nn(-c2ccccc2)c1Cl. The molecular weight excluding hydrogens is 292 g/mol. The van der Waals surface area contributed by atoms with Crippen LogP contribution in [0.25, 0.3) is 5.69 Å². The number of aromatic nitrogens is 2. The minimum Gasteiger partial charge on any atom is -0.449 e. The van der Waals surface area contributed by atoms with Crippen molar-refractivity contribution in [2.75, 3.05) is 6.61 Å². The van der Waals surface area contributed by atoms with Gasteiger partial charge in [-0.2, -0.15) is 10.2 Å². The monoisotopic (exact) mass is 306 g/mol. The molecule has 0 saturated heterocycles. The summed E-state index contributed by atoms with van der Waals surface area (Å²) < 4.78 is 6.31. The summed E-state index contributed by atoms with van der Waals surface area (Å²) in [6.45, 7) is 3.82. The number of nitrogens with one attached hydrogen (secondary N) is 1. The summed E-state index contributed by atoms with van der Waals surface area (Å²) in [6.07, 6.45) is 0.832. The molecule has 1 aromatic carbocycles. The molecule has 0 saturated carbocycles. The van der Waals surface area contributed by atoms with Crippen LogP contribution in [-0.4, -0.2) is 28.7 Å². The van der Waals surface area contributed by atoms with Crippen molar-refractivity contribution >= 4 is 23.9 Å². The Morgan fingerprint density at radius 2 is 2.19 bits per heavy atom. The van der Waals surface area contributed by atoms with Crippen LogP contribution < -0.4 is 5.43 Å². The number of amides is 1. The molecule has 110 valence electrons. The normalized spacial score (nSPS) is 10.8. The van der Waals surface area contributed by atoms with E-state index in [9.17, 15) is 4.79 Å². The number of carbonyl (C=O) groups excluding carboxylic acids is 1. The zero-order valence-electron chi connectivity index (χ0n) is 11.7. The van der Waals surface area contributed by atoms with Gasteiger partial charge in [0.1, 0.15) is 5.15 Å². The molecule has 6 nitrogen and oxygen atoms in total. The topological polar surface area (TPSA) is 68.5 Å². The van der Waals surface area contributed by atoms with E-state index < -0.39 is 6.09 Å². The highest BCUT2D eigenvalue weighted by molar-refractivity contribution is 6.32. The molecule has 2 rings (SSSR count). The lowest BCUT2D eigenvalue weighted by atomic mass is 10.3. The molecule has 0 fully saturated rings. The van der Waals surface area contributed by atoms with Crippen LogP contribution in [0.3, 0.4) is 0 Å². The minimum absolute atomic E-state index is 0.285. The lowest BCUT2D eigenvalue weighted by Gasteiger charge is -2.02. The van der Waals surface area contributed by atoms with E-state index in [2.05, 4.69) is 15.6 Å². The van der Waals surface area contributed by atoms with Crippen LogP contribution in [0, 0.1) is 6.92 Å². The Morgan fingerprint density at radius 1 is 1.48 bits per heavy atom. The van der Waals surface area contributed by atoms with Gasteiger partial charge in [-0.3, -0.25) is 0 Å². The summed E-state index contributed by atoms with van der Waals surface area (Å²) in [5, 5.41) is 8.59. The highest BCUT2D eigenvalue weighted by Gasteiger charge is 2.12. The predicted octanol–water partition coefficient (Wildman–Crippen LogP) is 2.91. The molecule has 0 atom stereocenters. The number of hydrogen-bond acceptors (Lipinski definition) is 4. The van der Waals surface area contributed by atoms with Crippen LogP contribution in [-0.2, 0) is 4.74 Å². The van der Waals surface area contributed by atoms with Crippen LogP contribution in [0.4, 0.5) is 4.79 Å². The smallest absolute Gasteiger partial charge is 0.427 e. The molecule has 0 aliphatic rings. The second-order valence-electron chi connectivity index (χ2n) is 4.13. The Hall–Kier alpha value is -2.34. The first kappa shape index (κ1) is 15.1. The fourth-order valence-electron chi connectivity index (χ4n) is 1.71. The van der Waals surface area contributed by atoms with Crippen molar-refractivity contribution in [3.8, 4) is 5.69 Å². The zero-order valence-corrected chi connectivity index (χ0v) is 12.5. The van der Waals surface area contributed by atoms with Gasteiger partial charge in [0.2, 0.25) is 0 Å². The Bertz CT molecular complexity index is 652. The highest BCUT2D eigenvalue weighted by atomic mass is 35.5. The Balaban J connectivity index is 2.20. The van der Waals surface area contributed by atoms with Gasteiger partial charge < -0.3 is 4.74 Å². The van der Waals surface area contributed by atoms with Gasteiger partial charge in [-0.05, 0) is 26.0 Å². The summed E-state index contributed by atoms with van der Waals surface area (Å²) >= 11 is 6.31. The van der Waals surface area contributed by atoms with Crippen molar-refractivity contribution in [3.05, 3.63) is 46.7 Å². The van der Waals surface area contributed by atoms with Gasteiger partial charge in [-0.15, -0.1) is 0 Å². The standard InChI is InChI=1S/C14H15ClN4O2/c1-3-21-14(20)17-16-9-12-10(2)18-19(13(12)15)11-7-5-4-6-8-11/h4-9H,3H2,1-2H3,(H,17,20)/b16-9-. The Labute approximate surface area is 127 Å². The van der Waals surface area contributed by atoms with Crippen LogP contribution >= 0.6 is 11.6 Å². The van der Waals surface area contributed by atoms with Gasteiger partial charge in [-0.25, -0.2) is 14.9 Å². The molecule has 1 aromatic heterocycles. The van der Waals surface area contributed by atoms with Crippen molar-refractivity contribution < 1.29 is 9.53 Å². The van der Waals surface area contributed by atoms with Crippen molar-refractivity contribution in [1.29, 1.82) is 0 Å². The molecule has 1 amide bonds. The van der Waals surface area contributed by atoms with Crippen LogP contribution in [0.15, 0.2) is 35.4 Å². The number of nitrogens with zero attached hydrogens (tertiary/aromatic N) is 3. The average Bonchev–Trinajstić information content (AvgIpc) is 2.76. The summed E-state index contributed by atoms with van der Waals surface area (Å²) in [7, 11) is 0. The molecule has 7 heteroatoms. The average molecular weight is 307 g/mol. The number of halogens is 1. The maximum absolute atomic E-state index is 11.1. The molecule has 0 spiro atoms. The van der Waals surface area contributed by atoms with E-state index in [0.29, 0.717) is 16.4 Å². The lowest BCUT2D eigenvalue weighted by molar-refractivity contribution is 0.152. The third-order valence-electron chi connectivity index (χ3n) is 2.67. The predicted molar refractivity (Wildman–Crippen MR) is 81.1 cm³/mol. The third-order valence-corrected chi connectivity index (χ3v) is 3.04. The number of carbonyl (C=O) groups is 1. The number of hydrazone groups is 1. The molecule has 21 heavy (non-hydrogen) atoms. The number of ether oxygens (including phenoxy) is 1. The van der Waals surface area contributed by atoms with Crippen molar-refractivity contribution in [2.45, 2.75) is 13.8 Å². The van der Waals surface area contributed by atoms with Gasteiger partial charge in [-0.1, -0.05) is 29.8 Å². The fourth-order valence-corrected chi connectivity index (χ4v) is 2.03. The van der Waals surface area contributed by atoms with Crippen LogP contribution in [0.5, 0.6) is 0 Å². The van der Waals surface area contributed by atoms with E-state index in [1.54, 1.807) is 11.6 Å². The molecule has 1 N–H and O–H groups in total. The molecule has 0 bridgehead atoms. The summed E-state index contributed by atoms with van der Waals surface area (Å²) in [6, 6.07) is 9.52. The second-order valence-corrected chi connectivity index (χ2v) is 4.49. The van der Waals surface area contributed by atoms with Crippen molar-refractivity contribution in [3.63, 3.8) is 0 Å². The number of hydrogen-bond donors (Lipinski definition) is 1. The van der Waals surface area contributed by atoms with E-state index >= 15 is 0 Å². The minimum atomic E-state index is -0.613. The van der Waals surface area contributed by atoms with Gasteiger partial charge in [0.15, 0.2) is 0 Å². The van der Waals surface area contributed by atoms with E-state index in [0.717, 1.165) is 5.69 Å². The highest BCUT2D eigenvalue weighted by Crippen LogP contribution is 2.21. The summed E-state index contributed by atoms with van der Waals surface area (Å²) in [5.74, 6) is 0. The lowest BCUT2D eigenvalue weighted by Crippen LogP contribution is -2.18. The molecular formula is C14H15ClN4O2. The summed E-state index contributed by atoms with van der Waals surface area (Å²) in [4.78, 5) is 11.1. The molecule has 0 radical (unpaired) electrons. The van der Waals surface area contributed by atoms with Crippen molar-refractivity contribution in [1.82, 2.24) is 15.2 Å². The molecule has 2 aromatic rings. The fraction of sp³-hybridized carbons (Fsp3) is 0.214.